The van der Waals surface area contributed by atoms with Gasteiger partial charge >= 0.3 is 0 Å². The van der Waals surface area contributed by atoms with Crippen LogP contribution < -0.4 is 5.32 Å². The van der Waals surface area contributed by atoms with Gasteiger partial charge in [0.25, 0.3) is 0 Å². The maximum absolute atomic E-state index is 5.03. The highest BCUT2D eigenvalue weighted by Gasteiger charge is 2.29. The SMILES string of the molecule is COCCNc1nccn1CC1(C)CCCC1. The number of rotatable bonds is 6. The molecule has 1 heterocycles. The van der Waals surface area contributed by atoms with Crippen molar-refractivity contribution in [3.8, 4) is 0 Å². The van der Waals surface area contributed by atoms with Gasteiger partial charge in [-0.05, 0) is 18.3 Å². The van der Waals surface area contributed by atoms with E-state index in [0.29, 0.717) is 12.0 Å². The number of imidazole rings is 1. The van der Waals surface area contributed by atoms with Crippen molar-refractivity contribution in [3.63, 3.8) is 0 Å². The standard InChI is InChI=1S/C13H23N3O/c1-13(5-3-4-6-13)11-16-9-7-14-12(16)15-8-10-17-2/h7,9H,3-6,8,10-11H2,1-2H3,(H,14,15). The molecule has 0 unspecified atom stereocenters. The molecule has 0 atom stereocenters. The molecule has 1 aliphatic rings. The van der Waals surface area contributed by atoms with E-state index in [1.54, 1.807) is 7.11 Å². The van der Waals surface area contributed by atoms with Crippen LogP contribution in [0.3, 0.4) is 0 Å². The molecule has 1 saturated carbocycles. The number of nitrogens with zero attached hydrogens (tertiary/aromatic N) is 2. The summed E-state index contributed by atoms with van der Waals surface area (Å²) in [6.45, 7) is 4.98. The summed E-state index contributed by atoms with van der Waals surface area (Å²) in [5.74, 6) is 0.968. The van der Waals surface area contributed by atoms with Crippen molar-refractivity contribution in [1.29, 1.82) is 0 Å². The third-order valence-corrected chi connectivity index (χ3v) is 3.67. The molecule has 4 nitrogen and oxygen atoms in total. The van der Waals surface area contributed by atoms with E-state index in [0.717, 1.165) is 19.0 Å². The minimum Gasteiger partial charge on any atom is -0.383 e. The van der Waals surface area contributed by atoms with Crippen LogP contribution in [0, 0.1) is 5.41 Å². The zero-order valence-corrected chi connectivity index (χ0v) is 10.9. The van der Waals surface area contributed by atoms with Crippen molar-refractivity contribution in [3.05, 3.63) is 12.4 Å². The summed E-state index contributed by atoms with van der Waals surface area (Å²) >= 11 is 0. The maximum Gasteiger partial charge on any atom is 0.202 e. The second kappa shape index (κ2) is 5.54. The Morgan fingerprint density at radius 2 is 2.24 bits per heavy atom. The van der Waals surface area contributed by atoms with E-state index in [9.17, 15) is 0 Å². The molecule has 1 aromatic heterocycles. The van der Waals surface area contributed by atoms with Crippen molar-refractivity contribution in [2.75, 3.05) is 25.6 Å². The zero-order chi connectivity index (χ0) is 12.1. The minimum atomic E-state index is 0.457. The average Bonchev–Trinajstić information content (AvgIpc) is 2.90. The molecule has 1 fully saturated rings. The first kappa shape index (κ1) is 12.4. The monoisotopic (exact) mass is 237 g/mol. The Morgan fingerprint density at radius 3 is 2.94 bits per heavy atom. The molecular formula is C13H23N3O. The van der Waals surface area contributed by atoms with Gasteiger partial charge in [-0.25, -0.2) is 4.98 Å². The van der Waals surface area contributed by atoms with Crippen molar-refractivity contribution in [2.24, 2.45) is 5.41 Å². The molecule has 1 aromatic rings. The van der Waals surface area contributed by atoms with Crippen LogP contribution in [0.2, 0.25) is 0 Å². The number of anilines is 1. The highest BCUT2D eigenvalue weighted by molar-refractivity contribution is 5.25. The molecule has 4 heteroatoms. The first-order valence-electron chi connectivity index (χ1n) is 6.47. The fourth-order valence-electron chi connectivity index (χ4n) is 2.67. The highest BCUT2D eigenvalue weighted by Crippen LogP contribution is 2.39. The second-order valence-corrected chi connectivity index (χ2v) is 5.32. The van der Waals surface area contributed by atoms with E-state index in [2.05, 4.69) is 28.0 Å². The number of hydrogen-bond donors (Lipinski definition) is 1. The van der Waals surface area contributed by atoms with Crippen molar-refractivity contribution < 1.29 is 4.74 Å². The summed E-state index contributed by atoms with van der Waals surface area (Å²) < 4.78 is 7.27. The molecule has 2 rings (SSSR count). The number of hydrogen-bond acceptors (Lipinski definition) is 3. The smallest absolute Gasteiger partial charge is 0.202 e. The maximum atomic E-state index is 5.03. The van der Waals surface area contributed by atoms with E-state index in [1.807, 2.05) is 6.20 Å². The highest BCUT2D eigenvalue weighted by atomic mass is 16.5. The molecule has 0 aromatic carbocycles. The largest absolute Gasteiger partial charge is 0.383 e. The summed E-state index contributed by atoms with van der Waals surface area (Å²) in [7, 11) is 1.72. The van der Waals surface area contributed by atoms with Gasteiger partial charge < -0.3 is 14.6 Å². The minimum absolute atomic E-state index is 0.457. The van der Waals surface area contributed by atoms with E-state index in [1.165, 1.54) is 25.7 Å². The Kier molecular flexibility index (Phi) is 4.05. The van der Waals surface area contributed by atoms with Gasteiger partial charge in [0, 0.05) is 32.6 Å². The molecule has 1 N–H and O–H groups in total. The van der Waals surface area contributed by atoms with Gasteiger partial charge in [-0.15, -0.1) is 0 Å². The number of nitrogens with one attached hydrogen (secondary N) is 1. The molecule has 0 saturated heterocycles. The fourth-order valence-corrected chi connectivity index (χ4v) is 2.67. The summed E-state index contributed by atoms with van der Waals surface area (Å²) in [5.41, 5.74) is 0.457. The Balaban J connectivity index is 1.93. The lowest BCUT2D eigenvalue weighted by Crippen LogP contribution is -2.21. The van der Waals surface area contributed by atoms with Gasteiger partial charge in [-0.3, -0.25) is 0 Å². The van der Waals surface area contributed by atoms with Crippen LogP contribution in [0.1, 0.15) is 32.6 Å². The predicted molar refractivity (Wildman–Crippen MR) is 69.2 cm³/mol. The molecule has 96 valence electrons. The van der Waals surface area contributed by atoms with Gasteiger partial charge in [0.05, 0.1) is 6.61 Å². The number of ether oxygens (including phenoxy) is 1. The van der Waals surface area contributed by atoms with Crippen LogP contribution >= 0.6 is 0 Å². The number of methoxy groups -OCH3 is 1. The summed E-state index contributed by atoms with van der Waals surface area (Å²) in [5, 5.41) is 3.31. The van der Waals surface area contributed by atoms with Gasteiger partial charge in [-0.1, -0.05) is 19.8 Å². The van der Waals surface area contributed by atoms with Gasteiger partial charge in [-0.2, -0.15) is 0 Å². The van der Waals surface area contributed by atoms with Gasteiger partial charge in [0.15, 0.2) is 0 Å². The Morgan fingerprint density at radius 1 is 1.47 bits per heavy atom. The van der Waals surface area contributed by atoms with Crippen LogP contribution in [-0.2, 0) is 11.3 Å². The van der Waals surface area contributed by atoms with Gasteiger partial charge in [0.1, 0.15) is 0 Å². The molecular weight excluding hydrogens is 214 g/mol. The summed E-state index contributed by atoms with van der Waals surface area (Å²) in [6, 6.07) is 0. The van der Waals surface area contributed by atoms with Crippen LogP contribution in [0.15, 0.2) is 12.4 Å². The Labute approximate surface area is 103 Å². The molecule has 0 radical (unpaired) electrons. The predicted octanol–water partition coefficient (Wildman–Crippen LogP) is 2.52. The topological polar surface area (TPSA) is 39.1 Å². The molecule has 1 aliphatic carbocycles. The first-order valence-corrected chi connectivity index (χ1v) is 6.47. The first-order chi connectivity index (χ1) is 8.23. The van der Waals surface area contributed by atoms with Gasteiger partial charge in [0.2, 0.25) is 5.95 Å². The van der Waals surface area contributed by atoms with Crippen LogP contribution in [0.4, 0.5) is 5.95 Å². The lowest BCUT2D eigenvalue weighted by atomic mass is 9.89. The Bertz CT molecular complexity index is 342. The third-order valence-electron chi connectivity index (χ3n) is 3.67. The normalized spacial score (nSPS) is 18.5. The zero-order valence-electron chi connectivity index (χ0n) is 10.9. The second-order valence-electron chi connectivity index (χ2n) is 5.32. The van der Waals surface area contributed by atoms with Crippen molar-refractivity contribution >= 4 is 5.95 Å². The molecule has 0 bridgehead atoms. The fraction of sp³-hybridized carbons (Fsp3) is 0.769. The molecule has 0 spiro atoms. The molecule has 0 aliphatic heterocycles. The lowest BCUT2D eigenvalue weighted by molar-refractivity contribution is 0.210. The Hall–Kier alpha value is -1.03. The summed E-state index contributed by atoms with van der Waals surface area (Å²) in [6.07, 6.45) is 9.35. The van der Waals surface area contributed by atoms with E-state index >= 15 is 0 Å². The number of aromatic nitrogens is 2. The van der Waals surface area contributed by atoms with Crippen molar-refractivity contribution in [1.82, 2.24) is 9.55 Å². The van der Waals surface area contributed by atoms with E-state index < -0.39 is 0 Å². The quantitative estimate of drug-likeness (QED) is 0.773. The van der Waals surface area contributed by atoms with Crippen LogP contribution in [0.25, 0.3) is 0 Å². The van der Waals surface area contributed by atoms with E-state index in [4.69, 9.17) is 4.74 Å². The van der Waals surface area contributed by atoms with Crippen LogP contribution in [0.5, 0.6) is 0 Å². The molecule has 0 amide bonds. The van der Waals surface area contributed by atoms with Crippen LogP contribution in [-0.4, -0.2) is 29.8 Å². The van der Waals surface area contributed by atoms with Crippen molar-refractivity contribution in [2.45, 2.75) is 39.2 Å². The molecule has 17 heavy (non-hydrogen) atoms. The average molecular weight is 237 g/mol. The lowest BCUT2D eigenvalue weighted by Gasteiger charge is -2.25. The van der Waals surface area contributed by atoms with E-state index in [-0.39, 0.29) is 0 Å². The summed E-state index contributed by atoms with van der Waals surface area (Å²) in [4.78, 5) is 4.36. The third kappa shape index (κ3) is 3.22.